The van der Waals surface area contributed by atoms with Crippen molar-refractivity contribution in [1.29, 1.82) is 0 Å². The number of imidazole rings is 1. The summed E-state index contributed by atoms with van der Waals surface area (Å²) in [5, 5.41) is 3.38. The van der Waals surface area contributed by atoms with Gasteiger partial charge in [0.05, 0.1) is 24.1 Å². The van der Waals surface area contributed by atoms with Crippen LogP contribution >= 0.6 is 0 Å². The summed E-state index contributed by atoms with van der Waals surface area (Å²) in [6.45, 7) is 8.58. The number of carbonyl (C=O) groups is 1. The second-order valence-corrected chi connectivity index (χ2v) is 9.59. The van der Waals surface area contributed by atoms with Crippen molar-refractivity contribution in [3.05, 3.63) is 66.6 Å². The number of carbonyl (C=O) groups excluding carboxylic acids is 1. The first-order valence-corrected chi connectivity index (χ1v) is 13.3. The minimum atomic E-state index is 0.00424. The van der Waals surface area contributed by atoms with Crippen LogP contribution in [0.15, 0.2) is 61.1 Å². The van der Waals surface area contributed by atoms with Crippen molar-refractivity contribution < 1.29 is 4.79 Å². The maximum atomic E-state index is 13.1. The average Bonchev–Trinajstić information content (AvgIpc) is 3.53. The first kappa shape index (κ1) is 25.4. The third kappa shape index (κ3) is 4.96. The molecule has 2 aromatic heterocycles. The topological polar surface area (TPSA) is 95.0 Å². The molecule has 1 amide bonds. The van der Waals surface area contributed by atoms with E-state index in [9.17, 15) is 4.79 Å². The molecule has 0 aliphatic carbocycles. The van der Waals surface area contributed by atoms with Gasteiger partial charge in [0.1, 0.15) is 11.5 Å². The first-order valence-electron chi connectivity index (χ1n) is 13.3. The maximum Gasteiger partial charge on any atom is 0.241 e. The predicted octanol–water partition coefficient (Wildman–Crippen LogP) is 3.76. The van der Waals surface area contributed by atoms with Gasteiger partial charge in [0.15, 0.2) is 5.65 Å². The minimum absolute atomic E-state index is 0.00424. The summed E-state index contributed by atoms with van der Waals surface area (Å²) in [7, 11) is 1.84. The van der Waals surface area contributed by atoms with Crippen molar-refractivity contribution in [2.75, 3.05) is 67.2 Å². The summed E-state index contributed by atoms with van der Waals surface area (Å²) in [6, 6.07) is 14.4. The van der Waals surface area contributed by atoms with Crippen LogP contribution < -0.4 is 20.9 Å². The SMILES string of the molecule is CCN(CCN(C)C(=O)CNc1c(-c2ccc3c(c2)CCN3CC)nc2cnccn12)c1ccccc1N. The molecule has 198 valence electrons. The van der Waals surface area contributed by atoms with Crippen molar-refractivity contribution in [3.63, 3.8) is 0 Å². The van der Waals surface area contributed by atoms with Gasteiger partial charge in [-0.3, -0.25) is 14.2 Å². The molecule has 1 aliphatic heterocycles. The van der Waals surface area contributed by atoms with Crippen LogP contribution in [0.25, 0.3) is 16.9 Å². The highest BCUT2D eigenvalue weighted by atomic mass is 16.2. The fourth-order valence-corrected chi connectivity index (χ4v) is 5.14. The Morgan fingerprint density at radius 3 is 2.79 bits per heavy atom. The Kier molecular flexibility index (Phi) is 7.35. The van der Waals surface area contributed by atoms with Crippen molar-refractivity contribution in [3.8, 4) is 11.3 Å². The second kappa shape index (κ2) is 11.0. The quantitative estimate of drug-likeness (QED) is 0.313. The van der Waals surface area contributed by atoms with E-state index < -0.39 is 0 Å². The van der Waals surface area contributed by atoms with E-state index in [1.165, 1.54) is 11.3 Å². The molecule has 0 saturated carbocycles. The van der Waals surface area contributed by atoms with Crippen LogP contribution in [0.5, 0.6) is 0 Å². The van der Waals surface area contributed by atoms with Crippen LogP contribution in [-0.4, -0.2) is 71.5 Å². The van der Waals surface area contributed by atoms with E-state index in [-0.39, 0.29) is 12.5 Å². The Hall–Kier alpha value is -4.27. The standard InChI is InChI=1S/C29H36N8O/c1-4-35-14-12-21-18-22(10-11-24(21)35)28-29(37-15-13-31-19-26(37)33-28)32-20-27(38)34(3)16-17-36(5-2)25-9-7-6-8-23(25)30/h6-11,13,15,18-19,32H,4-5,12,14,16-17,20,30H2,1-3H3. The number of nitrogens with one attached hydrogen (secondary N) is 1. The van der Waals surface area contributed by atoms with Gasteiger partial charge >= 0.3 is 0 Å². The lowest BCUT2D eigenvalue weighted by molar-refractivity contribution is -0.127. The molecule has 9 heteroatoms. The molecule has 0 unspecified atom stereocenters. The molecule has 5 rings (SSSR count). The number of amides is 1. The molecule has 0 radical (unpaired) electrons. The zero-order valence-electron chi connectivity index (χ0n) is 22.4. The predicted molar refractivity (Wildman–Crippen MR) is 155 cm³/mol. The number of rotatable bonds is 10. The number of hydrogen-bond donors (Lipinski definition) is 2. The Balaban J connectivity index is 1.30. The Morgan fingerprint density at radius 1 is 1.16 bits per heavy atom. The van der Waals surface area contributed by atoms with Crippen LogP contribution in [-0.2, 0) is 11.2 Å². The van der Waals surface area contributed by atoms with Gasteiger partial charge in [0.2, 0.25) is 5.91 Å². The van der Waals surface area contributed by atoms with E-state index in [0.717, 1.165) is 60.2 Å². The van der Waals surface area contributed by atoms with Crippen molar-refractivity contribution in [2.45, 2.75) is 20.3 Å². The van der Waals surface area contributed by atoms with E-state index in [1.54, 1.807) is 17.3 Å². The van der Waals surface area contributed by atoms with Crippen LogP contribution in [0.1, 0.15) is 19.4 Å². The number of nitrogens with two attached hydrogens (primary N) is 1. The summed E-state index contributed by atoms with van der Waals surface area (Å²) < 4.78 is 1.96. The lowest BCUT2D eigenvalue weighted by atomic mass is 10.1. The smallest absolute Gasteiger partial charge is 0.241 e. The van der Waals surface area contributed by atoms with Gasteiger partial charge in [-0.15, -0.1) is 0 Å². The van der Waals surface area contributed by atoms with Crippen LogP contribution in [0, 0.1) is 0 Å². The monoisotopic (exact) mass is 512 g/mol. The molecule has 1 aliphatic rings. The lowest BCUT2D eigenvalue weighted by Crippen LogP contribution is -2.39. The van der Waals surface area contributed by atoms with Gasteiger partial charge in [-0.25, -0.2) is 4.98 Å². The summed E-state index contributed by atoms with van der Waals surface area (Å²) in [5.41, 5.74) is 13.1. The van der Waals surface area contributed by atoms with Gasteiger partial charge in [-0.2, -0.15) is 0 Å². The van der Waals surface area contributed by atoms with E-state index >= 15 is 0 Å². The summed E-state index contributed by atoms with van der Waals surface area (Å²) in [5.74, 6) is 0.797. The zero-order valence-corrected chi connectivity index (χ0v) is 22.4. The lowest BCUT2D eigenvalue weighted by Gasteiger charge is -2.27. The molecule has 0 spiro atoms. The highest BCUT2D eigenvalue weighted by Gasteiger charge is 2.21. The number of hydrogen-bond acceptors (Lipinski definition) is 7. The van der Waals surface area contributed by atoms with Gasteiger partial charge < -0.3 is 25.8 Å². The molecule has 0 saturated heterocycles. The Morgan fingerprint density at radius 2 is 2.00 bits per heavy atom. The van der Waals surface area contributed by atoms with E-state index in [1.807, 2.05) is 41.9 Å². The van der Waals surface area contributed by atoms with Crippen LogP contribution in [0.3, 0.4) is 0 Å². The fraction of sp³-hybridized carbons (Fsp3) is 0.345. The fourth-order valence-electron chi connectivity index (χ4n) is 5.14. The molecular weight excluding hydrogens is 476 g/mol. The number of benzene rings is 2. The summed E-state index contributed by atoms with van der Waals surface area (Å²) >= 11 is 0. The molecule has 9 nitrogen and oxygen atoms in total. The third-order valence-electron chi connectivity index (χ3n) is 7.35. The van der Waals surface area contributed by atoms with Gasteiger partial charge in [0, 0.05) is 63.4 Å². The van der Waals surface area contributed by atoms with Crippen molar-refractivity contribution in [1.82, 2.24) is 19.3 Å². The van der Waals surface area contributed by atoms with Crippen LogP contribution in [0.4, 0.5) is 22.9 Å². The molecule has 0 bridgehead atoms. The summed E-state index contributed by atoms with van der Waals surface area (Å²) in [6.07, 6.45) is 6.37. The zero-order chi connectivity index (χ0) is 26.6. The maximum absolute atomic E-state index is 13.1. The molecule has 38 heavy (non-hydrogen) atoms. The largest absolute Gasteiger partial charge is 0.397 e. The van der Waals surface area contributed by atoms with Crippen molar-refractivity contribution in [2.24, 2.45) is 0 Å². The van der Waals surface area contributed by atoms with Crippen LogP contribution in [0.2, 0.25) is 0 Å². The Bertz CT molecular complexity index is 1430. The number of likely N-dealkylation sites (N-methyl/N-ethyl adjacent to an activating group) is 3. The number of nitrogen functional groups attached to an aromatic ring is 1. The molecule has 3 N–H and O–H groups in total. The molecule has 3 heterocycles. The van der Waals surface area contributed by atoms with E-state index in [0.29, 0.717) is 13.1 Å². The molecule has 2 aromatic carbocycles. The van der Waals surface area contributed by atoms with Crippen molar-refractivity contribution >= 4 is 34.4 Å². The molecule has 0 atom stereocenters. The summed E-state index contributed by atoms with van der Waals surface area (Å²) in [4.78, 5) is 28.6. The molecule has 0 fully saturated rings. The van der Waals surface area contributed by atoms with Gasteiger partial charge in [0.25, 0.3) is 0 Å². The Labute approximate surface area is 223 Å². The molecule has 4 aromatic rings. The number of aromatic nitrogens is 3. The van der Waals surface area contributed by atoms with Gasteiger partial charge in [-0.05, 0) is 50.1 Å². The highest BCUT2D eigenvalue weighted by Crippen LogP contribution is 2.35. The molecular formula is C29H36N8O. The average molecular weight is 513 g/mol. The third-order valence-corrected chi connectivity index (χ3v) is 7.35. The van der Waals surface area contributed by atoms with Gasteiger partial charge in [-0.1, -0.05) is 18.2 Å². The normalized spacial score (nSPS) is 12.6. The highest BCUT2D eigenvalue weighted by molar-refractivity contribution is 5.84. The minimum Gasteiger partial charge on any atom is -0.397 e. The number of para-hydroxylation sites is 2. The van der Waals surface area contributed by atoms with E-state index in [2.05, 4.69) is 52.1 Å². The number of anilines is 4. The van der Waals surface area contributed by atoms with E-state index in [4.69, 9.17) is 10.7 Å². The number of fused-ring (bicyclic) bond motifs is 2. The first-order chi connectivity index (χ1) is 18.5. The second-order valence-electron chi connectivity index (χ2n) is 9.59. The number of nitrogens with zero attached hydrogens (tertiary/aromatic N) is 6.